The predicted molar refractivity (Wildman–Crippen MR) is 84.5 cm³/mol. The van der Waals surface area contributed by atoms with Gasteiger partial charge < -0.3 is 5.32 Å². The molecule has 1 aromatic carbocycles. The molecule has 1 heterocycles. The number of nitrogens with zero attached hydrogens (tertiary/aromatic N) is 1. The number of aromatic nitrogens is 1. The maximum atomic E-state index is 11.7. The van der Waals surface area contributed by atoms with Gasteiger partial charge in [0.25, 0.3) is 5.91 Å². The predicted octanol–water partition coefficient (Wildman–Crippen LogP) is 4.06. The maximum absolute atomic E-state index is 11.7. The molecule has 1 aromatic heterocycles. The lowest BCUT2D eigenvalue weighted by Gasteiger charge is -2.04. The Labute approximate surface area is 122 Å². The lowest BCUT2D eigenvalue weighted by molar-refractivity contribution is 0.0950. The number of hydrogen-bond acceptors (Lipinski definition) is 2. The summed E-state index contributed by atoms with van der Waals surface area (Å²) in [4.78, 5) is 15.8. The van der Waals surface area contributed by atoms with Crippen LogP contribution in [0.15, 0.2) is 54.7 Å². The first-order chi connectivity index (χ1) is 9.86. The highest BCUT2D eigenvalue weighted by molar-refractivity contribution is 5.93. The molecule has 0 spiro atoms. The molecule has 0 saturated carbocycles. The van der Waals surface area contributed by atoms with Gasteiger partial charge in [0, 0.05) is 11.8 Å². The van der Waals surface area contributed by atoms with Crippen molar-refractivity contribution in [1.82, 2.24) is 10.3 Å². The molecule has 0 bridgehead atoms. The van der Waals surface area contributed by atoms with E-state index in [2.05, 4.69) is 10.3 Å². The molecule has 3 heteroatoms. The minimum Gasteiger partial charge on any atom is -0.346 e. The Kier molecular flexibility index (Phi) is 10.6. The van der Waals surface area contributed by atoms with Crippen molar-refractivity contribution in [2.24, 2.45) is 0 Å². The highest BCUT2D eigenvalue weighted by atomic mass is 16.1. The fraction of sp³-hybridized carbons (Fsp3) is 0.294. The van der Waals surface area contributed by atoms with Crippen LogP contribution in [0.25, 0.3) is 0 Å². The van der Waals surface area contributed by atoms with Crippen LogP contribution in [-0.4, -0.2) is 10.9 Å². The van der Waals surface area contributed by atoms with E-state index in [0.717, 1.165) is 5.69 Å². The van der Waals surface area contributed by atoms with Gasteiger partial charge in [-0.05, 0) is 24.3 Å². The van der Waals surface area contributed by atoms with E-state index in [1.54, 1.807) is 18.3 Å². The number of benzene rings is 1. The zero-order valence-electron chi connectivity index (χ0n) is 12.8. The van der Waals surface area contributed by atoms with Crippen LogP contribution in [-0.2, 0) is 6.54 Å². The highest BCUT2D eigenvalue weighted by Crippen LogP contribution is 1.99. The van der Waals surface area contributed by atoms with Gasteiger partial charge in [0.15, 0.2) is 0 Å². The zero-order valence-corrected chi connectivity index (χ0v) is 12.8. The van der Waals surface area contributed by atoms with E-state index >= 15 is 0 Å². The van der Waals surface area contributed by atoms with Crippen molar-refractivity contribution < 1.29 is 4.79 Å². The van der Waals surface area contributed by atoms with Gasteiger partial charge in [0.2, 0.25) is 0 Å². The molecule has 0 unspecified atom stereocenters. The Morgan fingerprint density at radius 1 is 0.950 bits per heavy atom. The summed E-state index contributed by atoms with van der Waals surface area (Å²) in [7, 11) is 0. The van der Waals surface area contributed by atoms with Crippen LogP contribution >= 0.6 is 0 Å². The number of nitrogens with one attached hydrogen (secondary N) is 1. The molecule has 0 aliphatic heterocycles. The average molecular weight is 272 g/mol. The van der Waals surface area contributed by atoms with Crippen molar-refractivity contribution in [3.63, 3.8) is 0 Å². The van der Waals surface area contributed by atoms with Crippen LogP contribution in [0.3, 0.4) is 0 Å². The molecule has 1 N–H and O–H groups in total. The van der Waals surface area contributed by atoms with Gasteiger partial charge in [-0.25, -0.2) is 0 Å². The van der Waals surface area contributed by atoms with Gasteiger partial charge >= 0.3 is 0 Å². The van der Waals surface area contributed by atoms with Crippen LogP contribution in [0.4, 0.5) is 0 Å². The van der Waals surface area contributed by atoms with Crippen molar-refractivity contribution in [1.29, 1.82) is 0 Å². The summed E-state index contributed by atoms with van der Waals surface area (Å²) in [6.45, 7) is 8.45. The standard InChI is InChI=1S/C13H12N2O.2C2H6/c16-13(11-6-2-1-3-7-11)15-10-12-8-4-5-9-14-12;2*1-2/h1-9H,10H2,(H,15,16);2*1-2H3. The highest BCUT2D eigenvalue weighted by Gasteiger charge is 2.03. The summed E-state index contributed by atoms with van der Waals surface area (Å²) in [5, 5.41) is 2.81. The Hall–Kier alpha value is -2.16. The van der Waals surface area contributed by atoms with Crippen molar-refractivity contribution >= 4 is 5.91 Å². The summed E-state index contributed by atoms with van der Waals surface area (Å²) in [5.41, 5.74) is 1.52. The third kappa shape index (κ3) is 6.69. The normalized spacial score (nSPS) is 8.40. The number of pyridine rings is 1. The number of rotatable bonds is 3. The van der Waals surface area contributed by atoms with E-state index in [4.69, 9.17) is 0 Å². The van der Waals surface area contributed by atoms with E-state index in [1.807, 2.05) is 64.1 Å². The Balaban J connectivity index is 0.000000829. The van der Waals surface area contributed by atoms with Gasteiger partial charge in [-0.1, -0.05) is 52.0 Å². The van der Waals surface area contributed by atoms with Crippen LogP contribution in [0.5, 0.6) is 0 Å². The summed E-state index contributed by atoms with van der Waals surface area (Å²) in [6.07, 6.45) is 1.71. The van der Waals surface area contributed by atoms with Crippen molar-refractivity contribution in [3.8, 4) is 0 Å². The molecule has 20 heavy (non-hydrogen) atoms. The third-order valence-electron chi connectivity index (χ3n) is 2.19. The average Bonchev–Trinajstić information content (AvgIpc) is 2.58. The SMILES string of the molecule is CC.CC.O=C(NCc1ccccn1)c1ccccc1. The molecular formula is C17H24N2O. The molecule has 0 fully saturated rings. The second-order valence-electron chi connectivity index (χ2n) is 3.37. The first-order valence-electron chi connectivity index (χ1n) is 7.09. The molecular weight excluding hydrogens is 248 g/mol. The van der Waals surface area contributed by atoms with Crippen LogP contribution in [0.1, 0.15) is 43.7 Å². The first kappa shape index (κ1) is 17.8. The second kappa shape index (κ2) is 11.9. The lowest BCUT2D eigenvalue weighted by atomic mass is 10.2. The van der Waals surface area contributed by atoms with E-state index in [-0.39, 0.29) is 5.91 Å². The Morgan fingerprint density at radius 3 is 2.10 bits per heavy atom. The molecule has 1 amide bonds. The van der Waals surface area contributed by atoms with Crippen molar-refractivity contribution in [3.05, 3.63) is 66.0 Å². The number of amides is 1. The lowest BCUT2D eigenvalue weighted by Crippen LogP contribution is -2.23. The molecule has 3 nitrogen and oxygen atoms in total. The van der Waals surface area contributed by atoms with Gasteiger partial charge in [-0.2, -0.15) is 0 Å². The largest absolute Gasteiger partial charge is 0.346 e. The maximum Gasteiger partial charge on any atom is 0.251 e. The summed E-state index contributed by atoms with van der Waals surface area (Å²) in [5.74, 6) is -0.0775. The minimum absolute atomic E-state index is 0.0775. The van der Waals surface area contributed by atoms with Gasteiger partial charge in [-0.3, -0.25) is 9.78 Å². The molecule has 0 aliphatic rings. The molecule has 0 radical (unpaired) electrons. The quantitative estimate of drug-likeness (QED) is 0.915. The monoisotopic (exact) mass is 272 g/mol. The summed E-state index contributed by atoms with van der Waals surface area (Å²) in [6, 6.07) is 14.8. The topological polar surface area (TPSA) is 42.0 Å². The van der Waals surface area contributed by atoms with Gasteiger partial charge in [-0.15, -0.1) is 0 Å². The molecule has 2 rings (SSSR count). The Bertz CT molecular complexity index is 455. The molecule has 0 saturated heterocycles. The van der Waals surface area contributed by atoms with Gasteiger partial charge in [0.05, 0.1) is 12.2 Å². The van der Waals surface area contributed by atoms with E-state index < -0.39 is 0 Å². The smallest absolute Gasteiger partial charge is 0.251 e. The molecule has 2 aromatic rings. The van der Waals surface area contributed by atoms with Crippen LogP contribution < -0.4 is 5.32 Å². The summed E-state index contributed by atoms with van der Waals surface area (Å²) < 4.78 is 0. The van der Waals surface area contributed by atoms with Crippen molar-refractivity contribution in [2.75, 3.05) is 0 Å². The fourth-order valence-corrected chi connectivity index (χ4v) is 1.37. The number of carbonyl (C=O) groups is 1. The third-order valence-corrected chi connectivity index (χ3v) is 2.19. The number of carbonyl (C=O) groups excluding carboxylic acids is 1. The minimum atomic E-state index is -0.0775. The number of hydrogen-bond donors (Lipinski definition) is 1. The second-order valence-corrected chi connectivity index (χ2v) is 3.37. The van der Waals surface area contributed by atoms with E-state index in [9.17, 15) is 4.79 Å². The van der Waals surface area contributed by atoms with E-state index in [0.29, 0.717) is 12.1 Å². The van der Waals surface area contributed by atoms with Crippen molar-refractivity contribution in [2.45, 2.75) is 34.2 Å². The molecule has 0 aliphatic carbocycles. The first-order valence-corrected chi connectivity index (χ1v) is 7.09. The Morgan fingerprint density at radius 2 is 1.55 bits per heavy atom. The fourth-order valence-electron chi connectivity index (χ4n) is 1.37. The van der Waals surface area contributed by atoms with Crippen LogP contribution in [0.2, 0.25) is 0 Å². The zero-order chi connectivity index (χ0) is 15.2. The molecule has 0 atom stereocenters. The molecule has 108 valence electrons. The van der Waals surface area contributed by atoms with Gasteiger partial charge in [0.1, 0.15) is 0 Å². The summed E-state index contributed by atoms with van der Waals surface area (Å²) >= 11 is 0. The van der Waals surface area contributed by atoms with Crippen LogP contribution in [0, 0.1) is 0 Å². The van der Waals surface area contributed by atoms with E-state index in [1.165, 1.54) is 0 Å².